The summed E-state index contributed by atoms with van der Waals surface area (Å²) in [6.45, 7) is 5.43. The van der Waals surface area contributed by atoms with Gasteiger partial charge in [0.25, 0.3) is 0 Å². The predicted molar refractivity (Wildman–Crippen MR) is 78.3 cm³/mol. The molecule has 108 valence electrons. The number of imidazole rings is 1. The van der Waals surface area contributed by atoms with Crippen molar-refractivity contribution in [3.8, 4) is 0 Å². The molecule has 1 heterocycles. The quantitative estimate of drug-likeness (QED) is 0.844. The molecule has 1 N–H and O–H groups in total. The zero-order valence-corrected chi connectivity index (χ0v) is 12.1. The first-order valence-electron chi connectivity index (χ1n) is 7.13. The van der Waals surface area contributed by atoms with Crippen molar-refractivity contribution in [1.29, 1.82) is 0 Å². The predicted octanol–water partition coefficient (Wildman–Crippen LogP) is 3.10. The van der Waals surface area contributed by atoms with Crippen LogP contribution in [0.15, 0.2) is 42.7 Å². The minimum atomic E-state index is -0.765. The van der Waals surface area contributed by atoms with Crippen molar-refractivity contribution in [2.24, 2.45) is 0 Å². The maximum atomic E-state index is 10.7. The minimum Gasteiger partial charge on any atom is -0.382 e. The molecule has 2 rings (SSSR count). The lowest BCUT2D eigenvalue weighted by atomic mass is 10.0. The van der Waals surface area contributed by atoms with Gasteiger partial charge in [0.1, 0.15) is 18.0 Å². The number of hydrogen-bond donors (Lipinski definition) is 1. The van der Waals surface area contributed by atoms with E-state index in [2.05, 4.69) is 11.9 Å². The van der Waals surface area contributed by atoms with E-state index in [1.807, 2.05) is 48.0 Å². The molecule has 0 aliphatic heterocycles. The third kappa shape index (κ3) is 3.26. The average molecular weight is 274 g/mol. The molecule has 0 aliphatic rings. The fraction of sp³-hybridized carbons (Fsp3) is 0.438. The molecule has 2 unspecified atom stereocenters. The van der Waals surface area contributed by atoms with Crippen molar-refractivity contribution in [3.05, 3.63) is 54.1 Å². The van der Waals surface area contributed by atoms with E-state index >= 15 is 0 Å². The van der Waals surface area contributed by atoms with E-state index in [0.29, 0.717) is 12.4 Å². The normalized spacial score (nSPS) is 14.2. The fourth-order valence-electron chi connectivity index (χ4n) is 2.34. The van der Waals surface area contributed by atoms with Gasteiger partial charge in [-0.1, -0.05) is 37.3 Å². The molecule has 1 aromatic heterocycles. The van der Waals surface area contributed by atoms with E-state index in [1.54, 1.807) is 6.20 Å². The zero-order valence-electron chi connectivity index (χ0n) is 12.1. The lowest BCUT2D eigenvalue weighted by Gasteiger charge is -2.23. The monoisotopic (exact) mass is 274 g/mol. The highest BCUT2D eigenvalue weighted by Gasteiger charge is 2.26. The van der Waals surface area contributed by atoms with Gasteiger partial charge < -0.3 is 14.4 Å². The van der Waals surface area contributed by atoms with E-state index in [1.165, 1.54) is 0 Å². The number of rotatable bonds is 7. The Labute approximate surface area is 120 Å². The molecule has 0 aliphatic carbocycles. The topological polar surface area (TPSA) is 47.3 Å². The highest BCUT2D eigenvalue weighted by atomic mass is 16.5. The Bertz CT molecular complexity index is 510. The molecule has 1 aromatic carbocycles. The first-order chi connectivity index (χ1) is 9.77. The number of aryl methyl sites for hydroxylation is 1. The van der Waals surface area contributed by atoms with E-state index < -0.39 is 6.10 Å². The Kier molecular flexibility index (Phi) is 5.32. The third-order valence-electron chi connectivity index (χ3n) is 3.24. The number of ether oxygens (including phenoxy) is 1. The fourth-order valence-corrected chi connectivity index (χ4v) is 2.34. The number of nitrogens with zero attached hydrogens (tertiary/aromatic N) is 2. The first kappa shape index (κ1) is 14.8. The maximum absolute atomic E-state index is 10.7. The lowest BCUT2D eigenvalue weighted by molar-refractivity contribution is -0.0413. The zero-order chi connectivity index (χ0) is 14.4. The van der Waals surface area contributed by atoms with E-state index in [0.717, 1.165) is 18.5 Å². The van der Waals surface area contributed by atoms with Crippen LogP contribution in [0.2, 0.25) is 0 Å². The highest BCUT2D eigenvalue weighted by molar-refractivity contribution is 5.20. The number of hydrogen-bond acceptors (Lipinski definition) is 3. The van der Waals surface area contributed by atoms with Crippen LogP contribution in [0.1, 0.15) is 43.9 Å². The van der Waals surface area contributed by atoms with Crippen LogP contribution in [-0.4, -0.2) is 21.3 Å². The summed E-state index contributed by atoms with van der Waals surface area (Å²) >= 11 is 0. The van der Waals surface area contributed by atoms with Gasteiger partial charge in [-0.05, 0) is 18.9 Å². The van der Waals surface area contributed by atoms with Crippen molar-refractivity contribution in [1.82, 2.24) is 9.55 Å². The second-order valence-corrected chi connectivity index (χ2v) is 4.71. The molecular formula is C16H22N2O2. The van der Waals surface area contributed by atoms with E-state index in [9.17, 15) is 5.11 Å². The van der Waals surface area contributed by atoms with Crippen LogP contribution in [-0.2, 0) is 11.3 Å². The van der Waals surface area contributed by atoms with Crippen molar-refractivity contribution in [3.63, 3.8) is 0 Å². The van der Waals surface area contributed by atoms with Crippen LogP contribution in [0.3, 0.4) is 0 Å². The molecule has 0 radical (unpaired) electrons. The van der Waals surface area contributed by atoms with Gasteiger partial charge in [-0.15, -0.1) is 0 Å². The molecule has 2 aromatic rings. The summed E-state index contributed by atoms with van der Waals surface area (Å²) in [6.07, 6.45) is 3.47. The number of aliphatic hydroxyl groups excluding tert-OH is 1. The van der Waals surface area contributed by atoms with Crippen molar-refractivity contribution < 1.29 is 9.84 Å². The van der Waals surface area contributed by atoms with Gasteiger partial charge in [-0.2, -0.15) is 0 Å². The molecule has 0 bridgehead atoms. The molecule has 0 saturated carbocycles. The Hall–Kier alpha value is -1.65. The Morgan fingerprint density at radius 2 is 2.00 bits per heavy atom. The number of aliphatic hydroxyl groups is 1. The summed E-state index contributed by atoms with van der Waals surface area (Å²) in [5.74, 6) is 0.661. The van der Waals surface area contributed by atoms with Gasteiger partial charge in [0.15, 0.2) is 0 Å². The second-order valence-electron chi connectivity index (χ2n) is 4.71. The molecule has 0 fully saturated rings. The van der Waals surface area contributed by atoms with E-state index in [-0.39, 0.29) is 6.10 Å². The van der Waals surface area contributed by atoms with E-state index in [4.69, 9.17) is 4.74 Å². The van der Waals surface area contributed by atoms with Gasteiger partial charge in [0, 0.05) is 25.5 Å². The summed E-state index contributed by atoms with van der Waals surface area (Å²) in [7, 11) is 0. The molecule has 4 heteroatoms. The smallest absolute Gasteiger partial charge is 0.142 e. The van der Waals surface area contributed by atoms with Gasteiger partial charge in [0.2, 0.25) is 0 Å². The molecule has 20 heavy (non-hydrogen) atoms. The molecular weight excluding hydrogens is 252 g/mol. The molecule has 0 saturated heterocycles. The maximum Gasteiger partial charge on any atom is 0.142 e. The SMILES string of the molecule is CCCn1ccnc1C(O)C(OCC)c1ccccc1. The summed E-state index contributed by atoms with van der Waals surface area (Å²) in [4.78, 5) is 4.30. The summed E-state index contributed by atoms with van der Waals surface area (Å²) < 4.78 is 7.73. The molecule has 4 nitrogen and oxygen atoms in total. The standard InChI is InChI=1S/C16H22N2O2/c1-3-11-18-12-10-17-16(18)14(19)15(20-4-2)13-8-6-5-7-9-13/h5-10,12,14-15,19H,3-4,11H2,1-2H3. The second kappa shape index (κ2) is 7.22. The van der Waals surface area contributed by atoms with Crippen LogP contribution in [0, 0.1) is 0 Å². The Morgan fingerprint density at radius 1 is 1.25 bits per heavy atom. The third-order valence-corrected chi connectivity index (χ3v) is 3.24. The molecule has 0 amide bonds. The Morgan fingerprint density at radius 3 is 2.65 bits per heavy atom. The first-order valence-corrected chi connectivity index (χ1v) is 7.13. The van der Waals surface area contributed by atoms with Crippen molar-refractivity contribution >= 4 is 0 Å². The summed E-state index contributed by atoms with van der Waals surface area (Å²) in [5.41, 5.74) is 0.966. The lowest BCUT2D eigenvalue weighted by Crippen LogP contribution is -2.18. The van der Waals surface area contributed by atoms with Crippen molar-refractivity contribution in [2.45, 2.75) is 39.0 Å². The summed E-state index contributed by atoms with van der Waals surface area (Å²) in [6, 6.07) is 9.80. The van der Waals surface area contributed by atoms with Crippen LogP contribution in [0.25, 0.3) is 0 Å². The van der Waals surface area contributed by atoms with Crippen LogP contribution in [0.4, 0.5) is 0 Å². The molecule has 2 atom stereocenters. The highest BCUT2D eigenvalue weighted by Crippen LogP contribution is 2.31. The van der Waals surface area contributed by atoms with Crippen LogP contribution >= 0.6 is 0 Å². The van der Waals surface area contributed by atoms with Crippen molar-refractivity contribution in [2.75, 3.05) is 6.61 Å². The van der Waals surface area contributed by atoms with Gasteiger partial charge in [0.05, 0.1) is 0 Å². The summed E-state index contributed by atoms with van der Waals surface area (Å²) in [5, 5.41) is 10.7. The van der Waals surface area contributed by atoms with Gasteiger partial charge in [-0.3, -0.25) is 0 Å². The van der Waals surface area contributed by atoms with Gasteiger partial charge in [-0.25, -0.2) is 4.98 Å². The van der Waals surface area contributed by atoms with Gasteiger partial charge >= 0.3 is 0 Å². The number of aromatic nitrogens is 2. The average Bonchev–Trinajstić information content (AvgIpc) is 2.94. The minimum absolute atomic E-state index is 0.390. The number of benzene rings is 1. The largest absolute Gasteiger partial charge is 0.382 e. The Balaban J connectivity index is 2.27. The molecule has 0 spiro atoms. The van der Waals surface area contributed by atoms with Crippen LogP contribution < -0.4 is 0 Å². The van der Waals surface area contributed by atoms with Crippen LogP contribution in [0.5, 0.6) is 0 Å².